The van der Waals surface area contributed by atoms with E-state index in [1.807, 2.05) is 0 Å². The number of alkyl halides is 5. The van der Waals surface area contributed by atoms with Crippen molar-refractivity contribution in [1.82, 2.24) is 0 Å². The Bertz CT molecular complexity index is 474. The topological polar surface area (TPSA) is 76.0 Å². The molecule has 0 saturated carbocycles. The van der Waals surface area contributed by atoms with Crippen LogP contribution in [0.25, 0.3) is 0 Å². The zero-order valence-corrected chi connectivity index (χ0v) is 13.0. The van der Waals surface area contributed by atoms with Gasteiger partial charge in [-0.25, -0.2) is 0 Å². The van der Waals surface area contributed by atoms with Gasteiger partial charge in [0.05, 0.1) is 5.41 Å². The van der Waals surface area contributed by atoms with Gasteiger partial charge in [-0.3, -0.25) is 4.79 Å². The summed E-state index contributed by atoms with van der Waals surface area (Å²) in [6.07, 6.45) is -7.79. The fraction of sp³-hybridized carbons (Fsp3) is 0.923. The van der Waals surface area contributed by atoms with E-state index in [0.717, 1.165) is 0 Å². The number of carbonyl (C=O) groups excluding carboxylic acids is 1. The van der Waals surface area contributed by atoms with Gasteiger partial charge in [-0.05, 0) is 27.2 Å². The SMILES string of the molecule is CCC(C)(C)C(=O)OCC1OC(O)(C(F)(F)F)C(F)(F)C1(C)O. The monoisotopic (exact) mass is 350 g/mol. The van der Waals surface area contributed by atoms with Crippen molar-refractivity contribution in [3.8, 4) is 0 Å². The third-order valence-corrected chi connectivity index (χ3v) is 4.19. The van der Waals surface area contributed by atoms with E-state index >= 15 is 0 Å². The molecule has 0 aliphatic carbocycles. The smallest absolute Gasteiger partial charge is 0.449 e. The van der Waals surface area contributed by atoms with Crippen LogP contribution in [0.1, 0.15) is 34.1 Å². The van der Waals surface area contributed by atoms with Crippen molar-refractivity contribution in [3.05, 3.63) is 0 Å². The van der Waals surface area contributed by atoms with Gasteiger partial charge in [0.25, 0.3) is 0 Å². The van der Waals surface area contributed by atoms with Crippen LogP contribution in [0, 0.1) is 5.41 Å². The van der Waals surface area contributed by atoms with Crippen LogP contribution in [0.5, 0.6) is 0 Å². The molecule has 2 N–H and O–H groups in total. The average Bonchev–Trinajstić information content (AvgIpc) is 2.53. The third kappa shape index (κ3) is 2.91. The van der Waals surface area contributed by atoms with Crippen molar-refractivity contribution in [2.45, 2.75) is 63.7 Å². The molecular weight excluding hydrogens is 331 g/mol. The molecule has 0 aromatic carbocycles. The summed E-state index contributed by atoms with van der Waals surface area (Å²) in [5.74, 6) is -10.8. The Balaban J connectivity index is 3.01. The van der Waals surface area contributed by atoms with E-state index in [2.05, 4.69) is 9.47 Å². The largest absolute Gasteiger partial charge is 0.462 e. The highest BCUT2D eigenvalue weighted by molar-refractivity contribution is 5.75. The highest BCUT2D eigenvalue weighted by Gasteiger charge is 2.84. The van der Waals surface area contributed by atoms with Crippen molar-refractivity contribution in [2.75, 3.05) is 6.61 Å². The lowest BCUT2D eigenvalue weighted by Gasteiger charge is -2.33. The molecule has 0 aromatic heterocycles. The number of aliphatic hydroxyl groups is 2. The van der Waals surface area contributed by atoms with Crippen LogP contribution in [0.2, 0.25) is 0 Å². The molecule has 0 aromatic rings. The van der Waals surface area contributed by atoms with Gasteiger partial charge in [0.15, 0.2) is 5.60 Å². The van der Waals surface area contributed by atoms with Gasteiger partial charge in [-0.15, -0.1) is 0 Å². The Morgan fingerprint density at radius 1 is 1.26 bits per heavy atom. The minimum atomic E-state index is -5.86. The van der Waals surface area contributed by atoms with E-state index in [-0.39, 0.29) is 0 Å². The van der Waals surface area contributed by atoms with Crippen LogP contribution in [0.4, 0.5) is 22.0 Å². The Morgan fingerprint density at radius 2 is 1.74 bits per heavy atom. The maximum Gasteiger partial charge on any atom is 0.449 e. The molecule has 1 fully saturated rings. The summed E-state index contributed by atoms with van der Waals surface area (Å²) in [5, 5.41) is 19.0. The second-order valence-electron chi connectivity index (χ2n) is 6.31. The third-order valence-electron chi connectivity index (χ3n) is 4.19. The van der Waals surface area contributed by atoms with Gasteiger partial charge in [0.1, 0.15) is 12.7 Å². The zero-order valence-electron chi connectivity index (χ0n) is 13.0. The Labute approximate surface area is 129 Å². The average molecular weight is 350 g/mol. The van der Waals surface area contributed by atoms with Crippen molar-refractivity contribution in [1.29, 1.82) is 0 Å². The van der Waals surface area contributed by atoms with Crippen LogP contribution in [0.15, 0.2) is 0 Å². The summed E-state index contributed by atoms with van der Waals surface area (Å²) in [4.78, 5) is 11.8. The first-order valence-electron chi connectivity index (χ1n) is 6.79. The second kappa shape index (κ2) is 5.52. The first kappa shape index (κ1) is 20.0. The Hall–Kier alpha value is -1.00. The minimum Gasteiger partial charge on any atom is -0.462 e. The molecule has 0 amide bonds. The standard InChI is InChI=1S/C13H19F5O5/c1-5-9(2,3)8(19)22-6-7-10(4,20)11(14,15)12(21,23-7)13(16,17)18/h7,20-21H,5-6H2,1-4H3. The van der Waals surface area contributed by atoms with E-state index in [4.69, 9.17) is 0 Å². The molecule has 10 heteroatoms. The van der Waals surface area contributed by atoms with Gasteiger partial charge in [0, 0.05) is 0 Å². The molecule has 3 unspecified atom stereocenters. The lowest BCUT2D eigenvalue weighted by Crippen LogP contribution is -2.62. The molecular formula is C13H19F5O5. The summed E-state index contributed by atoms with van der Waals surface area (Å²) in [5.41, 5.74) is -4.39. The highest BCUT2D eigenvalue weighted by Crippen LogP contribution is 2.55. The van der Waals surface area contributed by atoms with Crippen LogP contribution in [0.3, 0.4) is 0 Å². The van der Waals surface area contributed by atoms with E-state index in [1.54, 1.807) is 6.92 Å². The van der Waals surface area contributed by atoms with Crippen LogP contribution in [-0.4, -0.2) is 52.4 Å². The molecule has 1 heterocycles. The number of esters is 1. The molecule has 23 heavy (non-hydrogen) atoms. The fourth-order valence-corrected chi connectivity index (χ4v) is 1.87. The molecule has 5 nitrogen and oxygen atoms in total. The van der Waals surface area contributed by atoms with Crippen LogP contribution in [-0.2, 0) is 14.3 Å². The fourth-order valence-electron chi connectivity index (χ4n) is 1.87. The summed E-state index contributed by atoms with van der Waals surface area (Å²) < 4.78 is 74.6. The van der Waals surface area contributed by atoms with Gasteiger partial charge >= 0.3 is 23.9 Å². The molecule has 0 bridgehead atoms. The van der Waals surface area contributed by atoms with Crippen molar-refractivity contribution < 1.29 is 46.4 Å². The molecule has 136 valence electrons. The summed E-state index contributed by atoms with van der Waals surface area (Å²) in [6, 6.07) is 0. The van der Waals surface area contributed by atoms with Gasteiger partial charge in [-0.1, -0.05) is 6.92 Å². The van der Waals surface area contributed by atoms with Crippen molar-refractivity contribution in [2.24, 2.45) is 5.41 Å². The zero-order chi connectivity index (χ0) is 18.5. The van der Waals surface area contributed by atoms with Crippen molar-refractivity contribution >= 4 is 5.97 Å². The molecule has 1 saturated heterocycles. The lowest BCUT2D eigenvalue weighted by molar-refractivity contribution is -0.412. The van der Waals surface area contributed by atoms with Gasteiger partial charge in [-0.2, -0.15) is 22.0 Å². The van der Waals surface area contributed by atoms with E-state index < -0.39 is 47.6 Å². The quantitative estimate of drug-likeness (QED) is 0.599. The maximum atomic E-state index is 13.9. The number of hydrogen-bond acceptors (Lipinski definition) is 5. The highest BCUT2D eigenvalue weighted by atomic mass is 19.4. The van der Waals surface area contributed by atoms with E-state index in [0.29, 0.717) is 13.3 Å². The number of ether oxygens (including phenoxy) is 2. The minimum absolute atomic E-state index is 0.330. The summed E-state index contributed by atoms with van der Waals surface area (Å²) in [7, 11) is 0. The number of hydrogen-bond donors (Lipinski definition) is 2. The molecule has 0 radical (unpaired) electrons. The lowest BCUT2D eigenvalue weighted by atomic mass is 9.89. The first-order chi connectivity index (χ1) is 10.0. The molecule has 1 aliphatic heterocycles. The molecule has 0 spiro atoms. The number of rotatable bonds is 4. The van der Waals surface area contributed by atoms with Crippen molar-refractivity contribution in [3.63, 3.8) is 0 Å². The Kier molecular flexibility index (Phi) is 4.81. The van der Waals surface area contributed by atoms with Gasteiger partial charge in [0.2, 0.25) is 0 Å². The predicted molar refractivity (Wildman–Crippen MR) is 66.5 cm³/mol. The van der Waals surface area contributed by atoms with Crippen LogP contribution >= 0.6 is 0 Å². The maximum absolute atomic E-state index is 13.9. The predicted octanol–water partition coefficient (Wildman–Crippen LogP) is 2.00. The summed E-state index contributed by atoms with van der Waals surface area (Å²) >= 11 is 0. The van der Waals surface area contributed by atoms with E-state index in [1.165, 1.54) is 13.8 Å². The second-order valence-corrected chi connectivity index (χ2v) is 6.31. The summed E-state index contributed by atoms with van der Waals surface area (Å²) in [6.45, 7) is 3.94. The Morgan fingerprint density at radius 3 is 2.09 bits per heavy atom. The number of halogens is 5. The van der Waals surface area contributed by atoms with Crippen LogP contribution < -0.4 is 0 Å². The molecule has 1 rings (SSSR count). The van der Waals surface area contributed by atoms with Gasteiger partial charge < -0.3 is 19.7 Å². The first-order valence-corrected chi connectivity index (χ1v) is 6.79. The molecule has 3 atom stereocenters. The normalized spacial score (nSPS) is 34.5. The number of carbonyl (C=O) groups is 1. The van der Waals surface area contributed by atoms with E-state index in [9.17, 15) is 37.0 Å². The molecule has 1 aliphatic rings.